The summed E-state index contributed by atoms with van der Waals surface area (Å²) in [6, 6.07) is 0. The Kier molecular flexibility index (Phi) is 25.4. The zero-order chi connectivity index (χ0) is 29.2. The van der Waals surface area contributed by atoms with Crippen molar-refractivity contribution >= 4 is 7.75 Å². The largest absolute Gasteiger partial charge is 0.405 e. The van der Waals surface area contributed by atoms with Crippen molar-refractivity contribution in [2.75, 3.05) is 39.4 Å². The molecular weight excluding hydrogens is 515 g/mol. The minimum atomic E-state index is -3.34. The van der Waals surface area contributed by atoms with E-state index in [1.165, 1.54) is 141 Å². The number of rotatable bonds is 30. The van der Waals surface area contributed by atoms with E-state index in [4.69, 9.17) is 9.05 Å². The molecule has 0 aromatic carbocycles. The van der Waals surface area contributed by atoms with Crippen molar-refractivity contribution in [1.82, 2.24) is 9.99 Å². The molecule has 0 aromatic rings. The topological polar surface area (TPSA) is 50.8 Å². The van der Waals surface area contributed by atoms with Crippen LogP contribution in [0.5, 0.6) is 0 Å². The van der Waals surface area contributed by atoms with Gasteiger partial charge in [-0.1, -0.05) is 130 Å². The predicted molar refractivity (Wildman–Crippen MR) is 175 cm³/mol. The first-order chi connectivity index (χ1) is 19.6. The summed E-state index contributed by atoms with van der Waals surface area (Å²) in [5.74, 6) is 0.954. The maximum atomic E-state index is 14.1. The minimum Gasteiger partial charge on any atom is -0.302 e. The lowest BCUT2D eigenvalue weighted by molar-refractivity contribution is 0.139. The van der Waals surface area contributed by atoms with E-state index >= 15 is 0 Å². The van der Waals surface area contributed by atoms with Crippen molar-refractivity contribution in [1.29, 1.82) is 0 Å². The Morgan fingerprint density at radius 3 is 1.32 bits per heavy atom. The van der Waals surface area contributed by atoms with Crippen LogP contribution >= 0.6 is 7.75 Å². The van der Waals surface area contributed by atoms with Gasteiger partial charge in [-0.25, -0.2) is 9.65 Å². The quantitative estimate of drug-likeness (QED) is 0.0670. The van der Waals surface area contributed by atoms with E-state index in [0.717, 1.165) is 19.6 Å². The highest BCUT2D eigenvalue weighted by Gasteiger charge is 2.28. The number of likely N-dealkylation sites (tertiary alicyclic amines) is 1. The van der Waals surface area contributed by atoms with Crippen LogP contribution in [-0.4, -0.2) is 44.3 Å². The summed E-state index contributed by atoms with van der Waals surface area (Å²) >= 11 is 0. The van der Waals surface area contributed by atoms with Gasteiger partial charge in [0.15, 0.2) is 0 Å². The molecule has 0 unspecified atom stereocenters. The summed E-state index contributed by atoms with van der Waals surface area (Å²) in [5, 5.41) is 3.31. The molecule has 1 aliphatic heterocycles. The lowest BCUT2D eigenvalue weighted by Crippen LogP contribution is -2.30. The zero-order valence-electron chi connectivity index (χ0n) is 27.6. The second-order valence-corrected chi connectivity index (χ2v) is 14.5. The SMILES string of the molecule is CCCCCCC(CCCCCC)COP(=O)(NCCN1CCCC1)OCC(CCCCCC)CCCCCC. The molecule has 1 rings (SSSR count). The third-order valence-electron chi connectivity index (χ3n) is 8.76. The van der Waals surface area contributed by atoms with Gasteiger partial charge in [0, 0.05) is 13.1 Å². The molecule has 1 N–H and O–H groups in total. The Bertz CT molecular complexity index is 526. The average Bonchev–Trinajstić information content (AvgIpc) is 3.48. The van der Waals surface area contributed by atoms with Crippen LogP contribution in [-0.2, 0) is 13.6 Å². The van der Waals surface area contributed by atoms with Crippen LogP contribution in [0.15, 0.2) is 0 Å². The van der Waals surface area contributed by atoms with Gasteiger partial charge in [-0.05, 0) is 63.5 Å². The smallest absolute Gasteiger partial charge is 0.302 e. The van der Waals surface area contributed by atoms with Crippen LogP contribution in [0.2, 0.25) is 0 Å². The Morgan fingerprint density at radius 2 is 0.975 bits per heavy atom. The third kappa shape index (κ3) is 20.9. The average molecular weight is 587 g/mol. The Hall–Kier alpha value is 0.0700. The molecule has 1 heterocycles. The zero-order valence-corrected chi connectivity index (χ0v) is 28.5. The number of hydrogen-bond acceptors (Lipinski definition) is 4. The van der Waals surface area contributed by atoms with Crippen molar-refractivity contribution in [2.24, 2.45) is 11.8 Å². The van der Waals surface area contributed by atoms with Gasteiger partial charge in [0.25, 0.3) is 0 Å². The number of unbranched alkanes of at least 4 members (excludes halogenated alkanes) is 12. The molecule has 1 saturated heterocycles. The molecule has 6 heteroatoms. The molecule has 240 valence electrons. The summed E-state index contributed by atoms with van der Waals surface area (Å²) in [5.41, 5.74) is 0. The predicted octanol–water partition coefficient (Wildman–Crippen LogP) is 10.9. The summed E-state index contributed by atoms with van der Waals surface area (Å²) in [7, 11) is -3.34. The summed E-state index contributed by atoms with van der Waals surface area (Å²) in [6.07, 6.45) is 27.7. The van der Waals surface area contributed by atoms with E-state index < -0.39 is 7.75 Å². The monoisotopic (exact) mass is 587 g/mol. The molecular formula is C34H71N2O3P. The van der Waals surface area contributed by atoms with Crippen LogP contribution < -0.4 is 5.09 Å². The Labute approximate surface area is 251 Å². The standard InChI is InChI=1S/C34H71N2O3P/c1-5-9-13-17-23-33(24-18-14-10-6-2)31-38-40(37,35-27-30-36-28-21-22-29-36)39-32-34(25-19-15-11-7-3)26-20-16-12-8-4/h33-34H,5-32H2,1-4H3,(H,35,37). The second kappa shape index (κ2) is 26.7. The van der Waals surface area contributed by atoms with Gasteiger partial charge in [-0.15, -0.1) is 0 Å². The highest BCUT2D eigenvalue weighted by molar-refractivity contribution is 7.51. The molecule has 0 saturated carbocycles. The summed E-state index contributed by atoms with van der Waals surface area (Å²) in [4.78, 5) is 2.46. The molecule has 1 aliphatic rings. The maximum absolute atomic E-state index is 14.1. The number of nitrogens with zero attached hydrogens (tertiary/aromatic N) is 1. The van der Waals surface area contributed by atoms with E-state index in [9.17, 15) is 4.57 Å². The van der Waals surface area contributed by atoms with Crippen molar-refractivity contribution in [2.45, 2.75) is 169 Å². The van der Waals surface area contributed by atoms with Gasteiger partial charge in [-0.3, -0.25) is 9.05 Å². The van der Waals surface area contributed by atoms with E-state index in [1.807, 2.05) is 0 Å². The molecule has 0 bridgehead atoms. The molecule has 0 amide bonds. The van der Waals surface area contributed by atoms with Crippen LogP contribution in [0.1, 0.15) is 169 Å². The first-order valence-electron chi connectivity index (χ1n) is 17.9. The Morgan fingerprint density at radius 1 is 0.600 bits per heavy atom. The number of hydrogen-bond donors (Lipinski definition) is 1. The van der Waals surface area contributed by atoms with Gasteiger partial charge in [0.1, 0.15) is 0 Å². The third-order valence-corrected chi connectivity index (χ3v) is 10.3. The van der Waals surface area contributed by atoms with Crippen LogP contribution in [0.25, 0.3) is 0 Å². The normalized spacial score (nSPS) is 14.8. The van der Waals surface area contributed by atoms with Crippen LogP contribution in [0, 0.1) is 11.8 Å². The summed E-state index contributed by atoms with van der Waals surface area (Å²) in [6.45, 7) is 14.1. The highest BCUT2D eigenvalue weighted by atomic mass is 31.2. The minimum absolute atomic E-state index is 0.477. The highest BCUT2D eigenvalue weighted by Crippen LogP contribution is 2.45. The van der Waals surface area contributed by atoms with Gasteiger partial charge in [0.2, 0.25) is 0 Å². The fourth-order valence-corrected chi connectivity index (χ4v) is 7.39. The van der Waals surface area contributed by atoms with Gasteiger partial charge in [0.05, 0.1) is 13.2 Å². The van der Waals surface area contributed by atoms with Crippen LogP contribution in [0.4, 0.5) is 0 Å². The molecule has 0 radical (unpaired) electrons. The molecule has 40 heavy (non-hydrogen) atoms. The molecule has 0 spiro atoms. The van der Waals surface area contributed by atoms with Crippen molar-refractivity contribution in [3.05, 3.63) is 0 Å². The first kappa shape index (κ1) is 38.1. The maximum Gasteiger partial charge on any atom is 0.405 e. The van der Waals surface area contributed by atoms with Crippen LogP contribution in [0.3, 0.4) is 0 Å². The summed E-state index contributed by atoms with van der Waals surface area (Å²) < 4.78 is 26.7. The van der Waals surface area contributed by atoms with Crippen molar-refractivity contribution in [3.8, 4) is 0 Å². The fourth-order valence-electron chi connectivity index (χ4n) is 5.95. The first-order valence-corrected chi connectivity index (χ1v) is 19.5. The number of nitrogens with one attached hydrogen (secondary N) is 1. The molecule has 0 aliphatic carbocycles. The van der Waals surface area contributed by atoms with Gasteiger partial charge in [-0.2, -0.15) is 0 Å². The molecule has 0 aromatic heterocycles. The molecule has 0 atom stereocenters. The van der Waals surface area contributed by atoms with Gasteiger partial charge >= 0.3 is 7.75 Å². The van der Waals surface area contributed by atoms with Crippen molar-refractivity contribution < 1.29 is 13.6 Å². The van der Waals surface area contributed by atoms with Gasteiger partial charge < -0.3 is 4.90 Å². The van der Waals surface area contributed by atoms with E-state index in [2.05, 4.69) is 37.7 Å². The van der Waals surface area contributed by atoms with E-state index in [0.29, 0.717) is 31.6 Å². The van der Waals surface area contributed by atoms with E-state index in [-0.39, 0.29) is 0 Å². The lowest BCUT2D eigenvalue weighted by atomic mass is 9.95. The van der Waals surface area contributed by atoms with Crippen molar-refractivity contribution in [3.63, 3.8) is 0 Å². The lowest BCUT2D eigenvalue weighted by Gasteiger charge is -2.26. The molecule has 1 fully saturated rings. The second-order valence-electron chi connectivity index (χ2n) is 12.7. The fraction of sp³-hybridized carbons (Fsp3) is 1.00. The van der Waals surface area contributed by atoms with E-state index in [1.54, 1.807) is 0 Å². The molecule has 5 nitrogen and oxygen atoms in total. The Balaban J connectivity index is 2.76.